The molecule has 2 fully saturated rings. The van der Waals surface area contributed by atoms with Crippen LogP contribution in [0.15, 0.2) is 41.2 Å². The average Bonchev–Trinajstić information content (AvgIpc) is 3.13. The first kappa shape index (κ1) is 18.6. The molecule has 2 N–H and O–H groups in total. The molecule has 0 unspecified atom stereocenters. The van der Waals surface area contributed by atoms with Gasteiger partial charge in [-0.3, -0.25) is 9.69 Å². The Morgan fingerprint density at radius 3 is 2.59 bits per heavy atom. The first-order valence-electron chi connectivity index (χ1n) is 10.5. The summed E-state index contributed by atoms with van der Waals surface area (Å²) in [7, 11) is 0. The Hall–Kier alpha value is -2.44. The van der Waals surface area contributed by atoms with Crippen molar-refractivity contribution in [3.63, 3.8) is 0 Å². The maximum absolute atomic E-state index is 12.2. The summed E-state index contributed by atoms with van der Waals surface area (Å²) in [6.07, 6.45) is 3.57. The van der Waals surface area contributed by atoms with Crippen LogP contribution in [0, 0.1) is 13.8 Å². The van der Waals surface area contributed by atoms with Gasteiger partial charge in [-0.05, 0) is 57.2 Å². The number of nitrogens with zero attached hydrogens (tertiary/aromatic N) is 3. The zero-order valence-electron chi connectivity index (χ0n) is 17.1. The van der Waals surface area contributed by atoms with E-state index in [1.165, 1.54) is 32.9 Å². The van der Waals surface area contributed by atoms with E-state index >= 15 is 0 Å². The Bertz CT molecular complexity index is 1100. The standard InChI is InChI=1S/C23H28N4O2/c1-15-7-10-22(28)27(25-15)14-23(29)11-17-8-9-18(12-23)26(17)13-21-16(2)19-5-3-4-6-20(19)24-21/h3-7,10,17-18,24,29H,8-9,11-14H2,1-2H3/t17-,18-/m1/s1. The summed E-state index contributed by atoms with van der Waals surface area (Å²) in [5, 5.41) is 17.0. The van der Waals surface area contributed by atoms with Crippen LogP contribution < -0.4 is 5.56 Å². The molecule has 2 aliphatic rings. The molecule has 1 aromatic carbocycles. The number of aromatic nitrogens is 3. The molecule has 2 aromatic heterocycles. The normalized spacial score (nSPS) is 27.0. The zero-order valence-corrected chi connectivity index (χ0v) is 17.1. The van der Waals surface area contributed by atoms with Crippen LogP contribution in [-0.4, -0.2) is 42.5 Å². The van der Waals surface area contributed by atoms with Crippen molar-refractivity contribution in [2.45, 2.75) is 70.3 Å². The van der Waals surface area contributed by atoms with Crippen LogP contribution in [0.3, 0.4) is 0 Å². The van der Waals surface area contributed by atoms with E-state index in [1.807, 2.05) is 6.92 Å². The lowest BCUT2D eigenvalue weighted by Crippen LogP contribution is -2.53. The lowest BCUT2D eigenvalue weighted by molar-refractivity contribution is -0.0680. The molecule has 2 saturated heterocycles. The minimum atomic E-state index is -0.873. The van der Waals surface area contributed by atoms with Crippen molar-refractivity contribution in [3.05, 3.63) is 63.7 Å². The van der Waals surface area contributed by atoms with Crippen molar-refractivity contribution < 1.29 is 5.11 Å². The van der Waals surface area contributed by atoms with E-state index in [0.717, 1.165) is 25.1 Å². The molecule has 5 rings (SSSR count). The molecule has 29 heavy (non-hydrogen) atoms. The van der Waals surface area contributed by atoms with Gasteiger partial charge in [0.05, 0.1) is 17.8 Å². The highest BCUT2D eigenvalue weighted by Gasteiger charge is 2.48. The van der Waals surface area contributed by atoms with Gasteiger partial charge < -0.3 is 10.1 Å². The predicted molar refractivity (Wildman–Crippen MR) is 113 cm³/mol. The van der Waals surface area contributed by atoms with Gasteiger partial charge in [0.1, 0.15) is 0 Å². The molecule has 6 nitrogen and oxygen atoms in total. The number of nitrogens with one attached hydrogen (secondary N) is 1. The van der Waals surface area contributed by atoms with Crippen LogP contribution in [0.4, 0.5) is 0 Å². The fourth-order valence-corrected chi connectivity index (χ4v) is 5.42. The lowest BCUT2D eigenvalue weighted by atomic mass is 9.85. The first-order chi connectivity index (χ1) is 13.9. The summed E-state index contributed by atoms with van der Waals surface area (Å²) in [6, 6.07) is 12.4. The smallest absolute Gasteiger partial charge is 0.266 e. The highest BCUT2D eigenvalue weighted by atomic mass is 16.3. The molecule has 2 bridgehead atoms. The van der Waals surface area contributed by atoms with E-state index in [0.29, 0.717) is 24.9 Å². The Kier molecular flexibility index (Phi) is 4.37. The summed E-state index contributed by atoms with van der Waals surface area (Å²) in [5.41, 5.74) is 3.55. The molecule has 152 valence electrons. The Balaban J connectivity index is 1.36. The van der Waals surface area contributed by atoms with Crippen molar-refractivity contribution in [3.8, 4) is 0 Å². The number of para-hydroxylation sites is 1. The van der Waals surface area contributed by atoms with Gasteiger partial charge in [-0.1, -0.05) is 18.2 Å². The van der Waals surface area contributed by atoms with Crippen LogP contribution in [-0.2, 0) is 13.1 Å². The van der Waals surface area contributed by atoms with Crippen molar-refractivity contribution >= 4 is 10.9 Å². The number of hydrogen-bond donors (Lipinski definition) is 2. The Morgan fingerprint density at radius 1 is 1.14 bits per heavy atom. The average molecular weight is 393 g/mol. The van der Waals surface area contributed by atoms with Gasteiger partial charge >= 0.3 is 0 Å². The number of aliphatic hydroxyl groups is 1. The topological polar surface area (TPSA) is 74.2 Å². The van der Waals surface area contributed by atoms with Crippen LogP contribution in [0.25, 0.3) is 10.9 Å². The first-order valence-corrected chi connectivity index (χ1v) is 10.5. The highest BCUT2D eigenvalue weighted by Crippen LogP contribution is 2.42. The number of rotatable bonds is 4. The number of hydrogen-bond acceptors (Lipinski definition) is 4. The monoisotopic (exact) mass is 392 g/mol. The van der Waals surface area contributed by atoms with Gasteiger partial charge in [-0.15, -0.1) is 0 Å². The van der Waals surface area contributed by atoms with Crippen LogP contribution in [0.5, 0.6) is 0 Å². The van der Waals surface area contributed by atoms with E-state index in [1.54, 1.807) is 6.07 Å². The van der Waals surface area contributed by atoms with Gasteiger partial charge in [-0.2, -0.15) is 5.10 Å². The van der Waals surface area contributed by atoms with Crippen LogP contribution in [0.2, 0.25) is 0 Å². The maximum Gasteiger partial charge on any atom is 0.266 e. The van der Waals surface area contributed by atoms with Gasteiger partial charge in [0.2, 0.25) is 0 Å². The second kappa shape index (κ2) is 6.82. The Labute approximate surface area is 170 Å². The fourth-order valence-electron chi connectivity index (χ4n) is 5.42. The molecule has 6 heteroatoms. The molecular weight excluding hydrogens is 364 g/mol. The zero-order chi connectivity index (χ0) is 20.2. The number of H-pyrrole nitrogens is 1. The summed E-state index contributed by atoms with van der Waals surface area (Å²) in [4.78, 5) is 18.3. The molecule has 0 spiro atoms. The second-order valence-corrected chi connectivity index (χ2v) is 8.93. The van der Waals surface area contributed by atoms with Crippen molar-refractivity contribution in [2.75, 3.05) is 0 Å². The molecule has 3 aromatic rings. The summed E-state index contributed by atoms with van der Waals surface area (Å²) in [5.74, 6) is 0. The molecule has 2 aliphatic heterocycles. The quantitative estimate of drug-likeness (QED) is 0.716. The maximum atomic E-state index is 12.2. The summed E-state index contributed by atoms with van der Waals surface area (Å²) >= 11 is 0. The summed E-state index contributed by atoms with van der Waals surface area (Å²) < 4.78 is 1.44. The van der Waals surface area contributed by atoms with E-state index < -0.39 is 5.60 Å². The highest BCUT2D eigenvalue weighted by molar-refractivity contribution is 5.84. The van der Waals surface area contributed by atoms with Crippen molar-refractivity contribution in [1.29, 1.82) is 0 Å². The third kappa shape index (κ3) is 3.30. The van der Waals surface area contributed by atoms with E-state index in [4.69, 9.17) is 0 Å². The van der Waals surface area contributed by atoms with Gasteiger partial charge in [-0.25, -0.2) is 4.68 Å². The SMILES string of the molecule is Cc1ccc(=O)n(CC2(O)C[C@H]3CC[C@H](C2)N3Cc2[nH]c3ccccc3c2C)n1. The largest absolute Gasteiger partial charge is 0.388 e. The molecule has 0 amide bonds. The summed E-state index contributed by atoms with van der Waals surface area (Å²) in [6.45, 7) is 5.22. The number of benzene rings is 1. The third-order valence-electron chi connectivity index (χ3n) is 6.86. The lowest BCUT2D eigenvalue weighted by Gasteiger charge is -2.43. The third-order valence-corrected chi connectivity index (χ3v) is 6.86. The van der Waals surface area contributed by atoms with Gasteiger partial charge in [0.15, 0.2) is 0 Å². The molecule has 0 radical (unpaired) electrons. The molecule has 2 atom stereocenters. The van der Waals surface area contributed by atoms with Crippen LogP contribution in [0.1, 0.15) is 42.6 Å². The van der Waals surface area contributed by atoms with E-state index in [9.17, 15) is 9.90 Å². The van der Waals surface area contributed by atoms with E-state index in [-0.39, 0.29) is 12.1 Å². The molecule has 0 saturated carbocycles. The predicted octanol–water partition coefficient (Wildman–Crippen LogP) is 2.90. The number of fused-ring (bicyclic) bond motifs is 3. The number of piperidine rings is 1. The van der Waals surface area contributed by atoms with Gasteiger partial charge in [0, 0.05) is 41.3 Å². The number of aryl methyl sites for hydroxylation is 2. The molecule has 0 aliphatic carbocycles. The fraction of sp³-hybridized carbons (Fsp3) is 0.478. The van der Waals surface area contributed by atoms with Gasteiger partial charge in [0.25, 0.3) is 5.56 Å². The molecular formula is C23H28N4O2. The number of aromatic amines is 1. The van der Waals surface area contributed by atoms with E-state index in [2.05, 4.69) is 46.2 Å². The minimum Gasteiger partial charge on any atom is -0.388 e. The molecule has 4 heterocycles. The van der Waals surface area contributed by atoms with Crippen molar-refractivity contribution in [1.82, 2.24) is 19.7 Å². The van der Waals surface area contributed by atoms with Crippen LogP contribution >= 0.6 is 0 Å². The Morgan fingerprint density at radius 2 is 1.86 bits per heavy atom. The second-order valence-electron chi connectivity index (χ2n) is 8.93. The van der Waals surface area contributed by atoms with Crippen molar-refractivity contribution in [2.24, 2.45) is 0 Å². The minimum absolute atomic E-state index is 0.146.